The molecule has 4 N–H and O–H groups in total. The van der Waals surface area contributed by atoms with Gasteiger partial charge in [-0.05, 0) is 24.6 Å². The molecular formula is C23H21ClFN5O4. The molecule has 9 nitrogen and oxygen atoms in total. The molecule has 3 aromatic rings. The SMILES string of the molecule is COc1c(Cl)cccc1Nc1c(-c2ccncc2F)[nH]c2c1C(=O)NC[C@@]21CCN(C(=O)O)C1. The third-order valence-corrected chi connectivity index (χ3v) is 6.74. The number of methoxy groups -OCH3 is 1. The van der Waals surface area contributed by atoms with Gasteiger partial charge in [-0.25, -0.2) is 9.18 Å². The van der Waals surface area contributed by atoms with Crippen LogP contribution in [-0.2, 0) is 5.41 Å². The van der Waals surface area contributed by atoms with Crippen molar-refractivity contribution in [3.8, 4) is 17.0 Å². The van der Waals surface area contributed by atoms with E-state index < -0.39 is 17.3 Å². The maximum atomic E-state index is 14.9. The van der Waals surface area contributed by atoms with Crippen LogP contribution >= 0.6 is 11.6 Å². The molecule has 2 aromatic heterocycles. The number of rotatable bonds is 4. The van der Waals surface area contributed by atoms with Crippen molar-refractivity contribution in [1.82, 2.24) is 20.2 Å². The van der Waals surface area contributed by atoms with Gasteiger partial charge >= 0.3 is 6.09 Å². The standard InChI is InChI=1S/C23H21ClFN5O4/c1-34-19-13(24)3-2-4-15(19)28-18-16-20(29-17(18)12-5-7-26-9-14(12)25)23(10-27-21(16)31)6-8-30(11-23)22(32)33/h2-5,7,9,28-29H,6,8,10-11H2,1H3,(H,27,31)(H,32,33)/t23-/m1/s1. The van der Waals surface area contributed by atoms with Crippen LogP contribution in [0.5, 0.6) is 5.75 Å². The molecule has 11 heteroatoms. The average molecular weight is 486 g/mol. The minimum atomic E-state index is -1.02. The highest BCUT2D eigenvalue weighted by atomic mass is 35.5. The predicted octanol–water partition coefficient (Wildman–Crippen LogP) is 3.99. The quantitative estimate of drug-likeness (QED) is 0.443. The second-order valence-electron chi connectivity index (χ2n) is 8.34. The van der Waals surface area contributed by atoms with E-state index >= 15 is 0 Å². The molecule has 0 aliphatic carbocycles. The number of aromatic amines is 1. The van der Waals surface area contributed by atoms with E-state index in [4.69, 9.17) is 16.3 Å². The number of hydrogen-bond donors (Lipinski definition) is 4. The summed E-state index contributed by atoms with van der Waals surface area (Å²) in [6, 6.07) is 6.63. The highest BCUT2D eigenvalue weighted by molar-refractivity contribution is 6.32. The van der Waals surface area contributed by atoms with Crippen LogP contribution < -0.4 is 15.4 Å². The van der Waals surface area contributed by atoms with E-state index in [1.807, 2.05) is 0 Å². The van der Waals surface area contributed by atoms with E-state index in [9.17, 15) is 19.1 Å². The number of H-pyrrole nitrogens is 1. The zero-order valence-electron chi connectivity index (χ0n) is 18.1. The summed E-state index contributed by atoms with van der Waals surface area (Å²) >= 11 is 6.29. The van der Waals surface area contributed by atoms with Gasteiger partial charge in [-0.2, -0.15) is 0 Å². The molecule has 2 aliphatic rings. The number of halogens is 2. The number of pyridine rings is 1. The number of likely N-dealkylation sites (tertiary alicyclic amines) is 1. The molecule has 4 heterocycles. The number of hydrogen-bond acceptors (Lipinski definition) is 5. The fraction of sp³-hybridized carbons (Fsp3) is 0.261. The van der Waals surface area contributed by atoms with Crippen molar-refractivity contribution in [2.45, 2.75) is 11.8 Å². The van der Waals surface area contributed by atoms with Crippen molar-refractivity contribution < 1.29 is 23.8 Å². The Kier molecular flexibility index (Phi) is 5.32. The van der Waals surface area contributed by atoms with E-state index in [2.05, 4.69) is 20.6 Å². The number of anilines is 2. The summed E-state index contributed by atoms with van der Waals surface area (Å²) in [6.07, 6.45) is 2.03. The first-order valence-corrected chi connectivity index (χ1v) is 10.9. The van der Waals surface area contributed by atoms with Crippen molar-refractivity contribution in [1.29, 1.82) is 0 Å². The second kappa shape index (κ2) is 8.21. The Bertz CT molecular complexity index is 1310. The molecule has 1 fully saturated rings. The third-order valence-electron chi connectivity index (χ3n) is 6.44. The van der Waals surface area contributed by atoms with Gasteiger partial charge in [0.2, 0.25) is 0 Å². The molecule has 176 valence electrons. The van der Waals surface area contributed by atoms with Gasteiger partial charge in [-0.3, -0.25) is 9.78 Å². The van der Waals surface area contributed by atoms with E-state index in [0.717, 1.165) is 6.20 Å². The molecule has 0 bridgehead atoms. The number of carboxylic acid groups (broad SMARTS) is 1. The highest BCUT2D eigenvalue weighted by Gasteiger charge is 2.49. The number of para-hydroxylation sites is 1. The van der Waals surface area contributed by atoms with E-state index in [0.29, 0.717) is 52.1 Å². The lowest BCUT2D eigenvalue weighted by molar-refractivity contribution is 0.0925. The van der Waals surface area contributed by atoms with Crippen LogP contribution in [-0.4, -0.2) is 58.7 Å². The summed E-state index contributed by atoms with van der Waals surface area (Å²) in [7, 11) is 1.48. The molecule has 34 heavy (non-hydrogen) atoms. The smallest absolute Gasteiger partial charge is 0.407 e. The zero-order valence-corrected chi connectivity index (χ0v) is 18.9. The van der Waals surface area contributed by atoms with Gasteiger partial charge in [0.05, 0.1) is 41.0 Å². The zero-order chi connectivity index (χ0) is 24.0. The van der Waals surface area contributed by atoms with E-state index in [-0.39, 0.29) is 24.6 Å². The van der Waals surface area contributed by atoms with Gasteiger partial charge < -0.3 is 30.4 Å². The van der Waals surface area contributed by atoms with Crippen molar-refractivity contribution >= 4 is 35.0 Å². The Hall–Kier alpha value is -3.79. The number of nitrogens with zero attached hydrogens (tertiary/aromatic N) is 2. The van der Waals surface area contributed by atoms with Crippen LogP contribution in [0.25, 0.3) is 11.3 Å². The molecule has 1 spiro atoms. The molecule has 2 amide bonds. The Balaban J connectivity index is 1.73. The molecule has 0 radical (unpaired) electrons. The van der Waals surface area contributed by atoms with Crippen LogP contribution in [0.15, 0.2) is 36.7 Å². The first-order chi connectivity index (χ1) is 16.3. The molecule has 5 rings (SSSR count). The summed E-state index contributed by atoms with van der Waals surface area (Å²) in [5.74, 6) is -0.561. The van der Waals surface area contributed by atoms with Gasteiger partial charge in [-0.1, -0.05) is 17.7 Å². The van der Waals surface area contributed by atoms with Crippen LogP contribution in [0.1, 0.15) is 22.5 Å². The summed E-state index contributed by atoms with van der Waals surface area (Å²) in [4.78, 5) is 33.2. The molecule has 2 aliphatic heterocycles. The topological polar surface area (TPSA) is 120 Å². The average Bonchev–Trinajstić information content (AvgIpc) is 3.41. The second-order valence-corrected chi connectivity index (χ2v) is 8.75. The summed E-state index contributed by atoms with van der Waals surface area (Å²) in [5.41, 5.74) is 1.57. The monoisotopic (exact) mass is 485 g/mol. The Morgan fingerprint density at radius 3 is 2.91 bits per heavy atom. The highest BCUT2D eigenvalue weighted by Crippen LogP contribution is 2.46. The molecule has 1 aromatic carbocycles. The molecule has 0 unspecified atom stereocenters. The molecule has 1 atom stereocenters. The first-order valence-electron chi connectivity index (χ1n) is 10.6. The predicted molar refractivity (Wildman–Crippen MR) is 123 cm³/mol. The minimum Gasteiger partial charge on any atom is -0.493 e. The lowest BCUT2D eigenvalue weighted by Crippen LogP contribution is -2.48. The van der Waals surface area contributed by atoms with Gasteiger partial charge in [0.15, 0.2) is 11.6 Å². The fourth-order valence-corrected chi connectivity index (χ4v) is 5.04. The van der Waals surface area contributed by atoms with E-state index in [1.165, 1.54) is 24.3 Å². The van der Waals surface area contributed by atoms with Gasteiger partial charge in [0.1, 0.15) is 0 Å². The van der Waals surface area contributed by atoms with Crippen LogP contribution in [0.3, 0.4) is 0 Å². The number of fused-ring (bicyclic) bond motifs is 2. The number of carbonyl (C=O) groups excluding carboxylic acids is 1. The minimum absolute atomic E-state index is 0.203. The maximum absolute atomic E-state index is 14.9. The van der Waals surface area contributed by atoms with Gasteiger partial charge in [-0.15, -0.1) is 0 Å². The number of benzene rings is 1. The largest absolute Gasteiger partial charge is 0.493 e. The summed E-state index contributed by atoms with van der Waals surface area (Å²) in [5, 5.41) is 16.0. The lowest BCUT2D eigenvalue weighted by atomic mass is 9.79. The molecule has 0 saturated carbocycles. The van der Waals surface area contributed by atoms with Crippen molar-refractivity contribution in [2.75, 3.05) is 32.1 Å². The lowest BCUT2D eigenvalue weighted by Gasteiger charge is -2.33. The van der Waals surface area contributed by atoms with Crippen molar-refractivity contribution in [2.24, 2.45) is 0 Å². The summed E-state index contributed by atoms with van der Waals surface area (Å²) in [6.45, 7) is 0.795. The Morgan fingerprint density at radius 1 is 1.38 bits per heavy atom. The van der Waals surface area contributed by atoms with Crippen LogP contribution in [0.2, 0.25) is 5.02 Å². The van der Waals surface area contributed by atoms with Gasteiger partial charge in [0.25, 0.3) is 5.91 Å². The molecule has 1 saturated heterocycles. The fourth-order valence-electron chi connectivity index (χ4n) is 4.79. The Morgan fingerprint density at radius 2 is 2.21 bits per heavy atom. The van der Waals surface area contributed by atoms with Crippen molar-refractivity contribution in [3.63, 3.8) is 0 Å². The summed E-state index contributed by atoms with van der Waals surface area (Å²) < 4.78 is 20.3. The van der Waals surface area contributed by atoms with Crippen LogP contribution in [0.4, 0.5) is 20.6 Å². The van der Waals surface area contributed by atoms with Crippen LogP contribution in [0, 0.1) is 5.82 Å². The normalized spacial score (nSPS) is 19.1. The van der Waals surface area contributed by atoms with Crippen molar-refractivity contribution in [3.05, 3.63) is 58.8 Å². The number of aromatic nitrogens is 2. The van der Waals surface area contributed by atoms with E-state index in [1.54, 1.807) is 18.2 Å². The first kappa shape index (κ1) is 22.0. The maximum Gasteiger partial charge on any atom is 0.407 e. The number of amides is 2. The number of carbonyl (C=O) groups is 2. The number of nitrogens with one attached hydrogen (secondary N) is 3. The van der Waals surface area contributed by atoms with Gasteiger partial charge in [0, 0.05) is 42.5 Å². The third kappa shape index (κ3) is 3.41. The molecular weight excluding hydrogens is 465 g/mol. The number of ether oxygens (including phenoxy) is 1. The Labute approximate surface area is 198 Å².